The van der Waals surface area contributed by atoms with Gasteiger partial charge in [0.1, 0.15) is 0 Å². The molecule has 1 aliphatic rings. The summed E-state index contributed by atoms with van der Waals surface area (Å²) < 4.78 is -0.0972. The van der Waals surface area contributed by atoms with E-state index in [0.717, 1.165) is 18.7 Å². The van der Waals surface area contributed by atoms with Crippen LogP contribution in [0.25, 0.3) is 0 Å². The standard InChI is InChI=1S/C7H13NOS/c1-3-7(4-2)6(9)8-5-10-7/h3-5H2,1-2H3,(H,8,9). The predicted molar refractivity (Wildman–Crippen MR) is 43.9 cm³/mol. The first-order chi connectivity index (χ1) is 4.75. The second-order valence-electron chi connectivity index (χ2n) is 2.50. The van der Waals surface area contributed by atoms with Gasteiger partial charge in [0.15, 0.2) is 0 Å². The Morgan fingerprint density at radius 2 is 2.20 bits per heavy atom. The number of carbonyl (C=O) groups is 1. The van der Waals surface area contributed by atoms with Crippen LogP contribution in [-0.4, -0.2) is 16.5 Å². The summed E-state index contributed by atoms with van der Waals surface area (Å²) in [5.41, 5.74) is 0. The Labute approximate surface area is 65.8 Å². The van der Waals surface area contributed by atoms with Crippen molar-refractivity contribution in [3.05, 3.63) is 0 Å². The van der Waals surface area contributed by atoms with Crippen LogP contribution < -0.4 is 5.32 Å². The molecular formula is C7H13NOS. The van der Waals surface area contributed by atoms with Gasteiger partial charge in [-0.1, -0.05) is 13.8 Å². The van der Waals surface area contributed by atoms with Crippen LogP contribution in [0.3, 0.4) is 0 Å². The van der Waals surface area contributed by atoms with E-state index in [2.05, 4.69) is 19.2 Å². The second-order valence-corrected chi connectivity index (χ2v) is 3.85. The molecule has 0 aliphatic carbocycles. The van der Waals surface area contributed by atoms with Crippen LogP contribution in [0.2, 0.25) is 0 Å². The smallest absolute Gasteiger partial charge is 0.236 e. The predicted octanol–water partition coefficient (Wildman–Crippen LogP) is 1.37. The first-order valence-corrected chi connectivity index (χ1v) is 4.66. The molecule has 0 saturated carbocycles. The minimum Gasteiger partial charge on any atom is -0.346 e. The Bertz CT molecular complexity index is 143. The van der Waals surface area contributed by atoms with E-state index in [9.17, 15) is 4.79 Å². The molecule has 1 aliphatic heterocycles. The zero-order chi connectivity index (χ0) is 7.61. The van der Waals surface area contributed by atoms with Crippen molar-refractivity contribution < 1.29 is 4.79 Å². The summed E-state index contributed by atoms with van der Waals surface area (Å²) >= 11 is 1.74. The van der Waals surface area contributed by atoms with E-state index in [1.165, 1.54) is 0 Å². The summed E-state index contributed by atoms with van der Waals surface area (Å²) in [7, 11) is 0. The maximum absolute atomic E-state index is 11.2. The molecule has 1 fully saturated rings. The van der Waals surface area contributed by atoms with Gasteiger partial charge in [0.25, 0.3) is 0 Å². The second kappa shape index (κ2) is 2.82. The van der Waals surface area contributed by atoms with Crippen LogP contribution in [-0.2, 0) is 4.79 Å². The molecule has 58 valence electrons. The van der Waals surface area contributed by atoms with Crippen LogP contribution >= 0.6 is 11.8 Å². The maximum Gasteiger partial charge on any atom is 0.236 e. The van der Waals surface area contributed by atoms with E-state index in [1.807, 2.05) is 0 Å². The highest BCUT2D eigenvalue weighted by atomic mass is 32.2. The summed E-state index contributed by atoms with van der Waals surface area (Å²) in [6.07, 6.45) is 1.89. The number of thioether (sulfide) groups is 1. The number of amides is 1. The van der Waals surface area contributed by atoms with Crippen molar-refractivity contribution in [2.75, 3.05) is 5.88 Å². The summed E-state index contributed by atoms with van der Waals surface area (Å²) in [6, 6.07) is 0. The lowest BCUT2D eigenvalue weighted by Crippen LogP contribution is -2.34. The van der Waals surface area contributed by atoms with Crippen molar-refractivity contribution in [1.29, 1.82) is 0 Å². The first kappa shape index (κ1) is 7.92. The average molecular weight is 159 g/mol. The Morgan fingerprint density at radius 1 is 1.60 bits per heavy atom. The molecule has 1 N–H and O–H groups in total. The van der Waals surface area contributed by atoms with Gasteiger partial charge in [0, 0.05) is 0 Å². The fourth-order valence-corrected chi connectivity index (χ4v) is 2.33. The summed E-state index contributed by atoms with van der Waals surface area (Å²) in [4.78, 5) is 11.2. The third-order valence-electron chi connectivity index (χ3n) is 2.14. The fourth-order valence-electron chi connectivity index (χ4n) is 1.24. The summed E-state index contributed by atoms with van der Waals surface area (Å²) in [5.74, 6) is 1.02. The zero-order valence-electron chi connectivity index (χ0n) is 6.44. The van der Waals surface area contributed by atoms with Crippen LogP contribution in [0.1, 0.15) is 26.7 Å². The molecule has 2 nitrogen and oxygen atoms in total. The highest BCUT2D eigenvalue weighted by Crippen LogP contribution is 2.35. The molecular weight excluding hydrogens is 146 g/mol. The van der Waals surface area contributed by atoms with E-state index in [0.29, 0.717) is 0 Å². The van der Waals surface area contributed by atoms with E-state index >= 15 is 0 Å². The zero-order valence-corrected chi connectivity index (χ0v) is 7.25. The molecule has 1 rings (SSSR count). The van der Waals surface area contributed by atoms with Gasteiger partial charge >= 0.3 is 0 Å². The van der Waals surface area contributed by atoms with Gasteiger partial charge in [-0.3, -0.25) is 4.79 Å². The van der Waals surface area contributed by atoms with Crippen molar-refractivity contribution in [3.8, 4) is 0 Å². The minimum absolute atomic E-state index is 0.0972. The molecule has 0 aromatic heterocycles. The van der Waals surface area contributed by atoms with Crippen LogP contribution in [0.4, 0.5) is 0 Å². The molecule has 0 unspecified atom stereocenters. The molecule has 1 saturated heterocycles. The van der Waals surface area contributed by atoms with Gasteiger partial charge in [-0.15, -0.1) is 11.8 Å². The van der Waals surface area contributed by atoms with Crippen molar-refractivity contribution >= 4 is 17.7 Å². The average Bonchev–Trinajstić information content (AvgIpc) is 2.32. The molecule has 0 aromatic carbocycles. The molecule has 0 aromatic rings. The highest BCUT2D eigenvalue weighted by Gasteiger charge is 2.39. The molecule has 1 amide bonds. The van der Waals surface area contributed by atoms with Crippen LogP contribution in [0, 0.1) is 0 Å². The minimum atomic E-state index is -0.0972. The first-order valence-electron chi connectivity index (χ1n) is 3.67. The molecule has 0 radical (unpaired) electrons. The van der Waals surface area contributed by atoms with E-state index < -0.39 is 0 Å². The molecule has 3 heteroatoms. The molecule has 10 heavy (non-hydrogen) atoms. The Balaban J connectivity index is 2.71. The van der Waals surface area contributed by atoms with Gasteiger partial charge in [-0.05, 0) is 12.8 Å². The fraction of sp³-hybridized carbons (Fsp3) is 0.857. The number of rotatable bonds is 2. The third kappa shape index (κ3) is 1.03. The Hall–Kier alpha value is -0.180. The lowest BCUT2D eigenvalue weighted by atomic mass is 10.0. The van der Waals surface area contributed by atoms with Crippen LogP contribution in [0.5, 0.6) is 0 Å². The molecule has 0 bridgehead atoms. The number of hydrogen-bond donors (Lipinski definition) is 1. The van der Waals surface area contributed by atoms with Crippen molar-refractivity contribution in [3.63, 3.8) is 0 Å². The lowest BCUT2D eigenvalue weighted by molar-refractivity contribution is -0.122. The van der Waals surface area contributed by atoms with Gasteiger partial charge in [-0.25, -0.2) is 0 Å². The monoisotopic (exact) mass is 159 g/mol. The van der Waals surface area contributed by atoms with Gasteiger partial charge < -0.3 is 5.32 Å². The molecule has 0 atom stereocenters. The highest BCUT2D eigenvalue weighted by molar-refractivity contribution is 8.01. The quantitative estimate of drug-likeness (QED) is 0.659. The largest absolute Gasteiger partial charge is 0.346 e. The van der Waals surface area contributed by atoms with E-state index in [-0.39, 0.29) is 10.7 Å². The molecule has 0 spiro atoms. The molecule has 1 heterocycles. The van der Waals surface area contributed by atoms with Gasteiger partial charge in [-0.2, -0.15) is 0 Å². The van der Waals surface area contributed by atoms with Gasteiger partial charge in [0.05, 0.1) is 10.6 Å². The number of hydrogen-bond acceptors (Lipinski definition) is 2. The summed E-state index contributed by atoms with van der Waals surface area (Å²) in [6.45, 7) is 4.14. The topological polar surface area (TPSA) is 29.1 Å². The van der Waals surface area contributed by atoms with Crippen molar-refractivity contribution in [1.82, 2.24) is 5.32 Å². The SMILES string of the molecule is CCC1(CC)SCNC1=O. The maximum atomic E-state index is 11.2. The number of carbonyl (C=O) groups excluding carboxylic acids is 1. The Morgan fingerprint density at radius 3 is 2.40 bits per heavy atom. The van der Waals surface area contributed by atoms with Gasteiger partial charge in [0.2, 0.25) is 5.91 Å². The van der Waals surface area contributed by atoms with Crippen molar-refractivity contribution in [2.45, 2.75) is 31.4 Å². The number of nitrogens with one attached hydrogen (secondary N) is 1. The normalized spacial score (nSPS) is 22.8. The van der Waals surface area contributed by atoms with E-state index in [4.69, 9.17) is 0 Å². The van der Waals surface area contributed by atoms with E-state index in [1.54, 1.807) is 11.8 Å². The van der Waals surface area contributed by atoms with Crippen molar-refractivity contribution in [2.24, 2.45) is 0 Å². The third-order valence-corrected chi connectivity index (χ3v) is 3.74. The summed E-state index contributed by atoms with van der Waals surface area (Å²) in [5, 5.41) is 2.84. The van der Waals surface area contributed by atoms with Crippen LogP contribution in [0.15, 0.2) is 0 Å². The Kier molecular flexibility index (Phi) is 2.24. The lowest BCUT2D eigenvalue weighted by Gasteiger charge is -2.20.